The molecular formula is C10H7BrN4S. The van der Waals surface area contributed by atoms with Gasteiger partial charge in [-0.2, -0.15) is 10.1 Å². The molecule has 16 heavy (non-hydrogen) atoms. The third-order valence-electron chi connectivity index (χ3n) is 2.43. The van der Waals surface area contributed by atoms with Crippen LogP contribution in [-0.2, 0) is 0 Å². The number of hydrogen-bond donors (Lipinski definition) is 2. The Kier molecular flexibility index (Phi) is 2.08. The molecule has 0 aliphatic rings. The van der Waals surface area contributed by atoms with Crippen LogP contribution in [0.5, 0.6) is 0 Å². The van der Waals surface area contributed by atoms with Gasteiger partial charge in [-0.3, -0.25) is 5.10 Å². The van der Waals surface area contributed by atoms with E-state index in [0.29, 0.717) is 10.4 Å². The van der Waals surface area contributed by atoms with E-state index in [1.54, 1.807) is 0 Å². The molecule has 1 aromatic carbocycles. The molecule has 0 radical (unpaired) electrons. The molecule has 0 saturated heterocycles. The fraction of sp³-hybridized carbons (Fsp3) is 0.100. The Morgan fingerprint density at radius 1 is 1.38 bits per heavy atom. The monoisotopic (exact) mass is 294 g/mol. The van der Waals surface area contributed by atoms with Crippen molar-refractivity contribution in [2.24, 2.45) is 0 Å². The maximum atomic E-state index is 4.94. The second-order valence-corrected chi connectivity index (χ2v) is 4.87. The zero-order valence-electron chi connectivity index (χ0n) is 8.34. The van der Waals surface area contributed by atoms with Crippen molar-refractivity contribution in [3.05, 3.63) is 26.9 Å². The van der Waals surface area contributed by atoms with Gasteiger partial charge in [0.2, 0.25) is 4.77 Å². The minimum absolute atomic E-state index is 0.381. The molecule has 80 valence electrons. The molecule has 0 aliphatic heterocycles. The second-order valence-electron chi connectivity index (χ2n) is 3.63. The van der Waals surface area contributed by atoms with Crippen molar-refractivity contribution < 1.29 is 0 Å². The SMILES string of the molecule is Cc1cc(Br)c2[nH]c3nc(=S)[nH]nc3c2c1. The van der Waals surface area contributed by atoms with Gasteiger partial charge in [0.25, 0.3) is 0 Å². The summed E-state index contributed by atoms with van der Waals surface area (Å²) in [5.74, 6) is 0. The van der Waals surface area contributed by atoms with Gasteiger partial charge >= 0.3 is 0 Å². The molecule has 6 heteroatoms. The zero-order chi connectivity index (χ0) is 11.3. The van der Waals surface area contributed by atoms with Crippen LogP contribution in [0.3, 0.4) is 0 Å². The molecule has 0 aliphatic carbocycles. The molecule has 0 bridgehead atoms. The number of aromatic amines is 2. The van der Waals surface area contributed by atoms with Crippen LogP contribution in [0.1, 0.15) is 5.56 Å². The number of H-pyrrole nitrogens is 2. The largest absolute Gasteiger partial charge is 0.337 e. The molecule has 0 atom stereocenters. The minimum Gasteiger partial charge on any atom is -0.337 e. The Hall–Kier alpha value is -1.27. The summed E-state index contributed by atoms with van der Waals surface area (Å²) in [6.45, 7) is 2.04. The summed E-state index contributed by atoms with van der Waals surface area (Å²) in [7, 11) is 0. The summed E-state index contributed by atoms with van der Waals surface area (Å²) in [4.78, 5) is 7.41. The van der Waals surface area contributed by atoms with E-state index >= 15 is 0 Å². The van der Waals surface area contributed by atoms with E-state index in [2.05, 4.69) is 48.2 Å². The van der Waals surface area contributed by atoms with E-state index in [-0.39, 0.29) is 0 Å². The van der Waals surface area contributed by atoms with Crippen LogP contribution in [0, 0.1) is 11.7 Å². The van der Waals surface area contributed by atoms with Gasteiger partial charge in [0.15, 0.2) is 5.65 Å². The number of nitrogens with one attached hydrogen (secondary N) is 2. The Labute approximate surface area is 104 Å². The quantitative estimate of drug-likeness (QED) is 0.626. The highest BCUT2D eigenvalue weighted by molar-refractivity contribution is 9.10. The van der Waals surface area contributed by atoms with Gasteiger partial charge in [-0.15, -0.1) is 0 Å². The normalized spacial score (nSPS) is 11.4. The summed E-state index contributed by atoms with van der Waals surface area (Å²) in [6.07, 6.45) is 0. The van der Waals surface area contributed by atoms with E-state index in [1.165, 1.54) is 5.56 Å². The number of halogens is 1. The fourth-order valence-electron chi connectivity index (χ4n) is 1.79. The van der Waals surface area contributed by atoms with E-state index in [4.69, 9.17) is 12.2 Å². The van der Waals surface area contributed by atoms with E-state index in [0.717, 1.165) is 20.9 Å². The lowest BCUT2D eigenvalue weighted by Gasteiger charge is -1.96. The van der Waals surface area contributed by atoms with Crippen LogP contribution in [-0.4, -0.2) is 20.2 Å². The van der Waals surface area contributed by atoms with Crippen molar-refractivity contribution in [1.29, 1.82) is 0 Å². The number of aromatic nitrogens is 4. The van der Waals surface area contributed by atoms with Crippen molar-refractivity contribution in [3.63, 3.8) is 0 Å². The first-order valence-corrected chi connectivity index (χ1v) is 5.89. The Bertz CT molecular complexity index is 758. The van der Waals surface area contributed by atoms with Crippen molar-refractivity contribution in [2.45, 2.75) is 6.92 Å². The number of hydrogen-bond acceptors (Lipinski definition) is 3. The zero-order valence-corrected chi connectivity index (χ0v) is 10.7. The highest BCUT2D eigenvalue weighted by Crippen LogP contribution is 2.29. The number of rotatable bonds is 0. The predicted octanol–water partition coefficient (Wildman–Crippen LogP) is 3.24. The van der Waals surface area contributed by atoms with Gasteiger partial charge in [0, 0.05) is 9.86 Å². The summed E-state index contributed by atoms with van der Waals surface area (Å²) in [6, 6.07) is 4.13. The second kappa shape index (κ2) is 3.36. The van der Waals surface area contributed by atoms with Crippen LogP contribution in [0.25, 0.3) is 22.1 Å². The van der Waals surface area contributed by atoms with E-state index < -0.39 is 0 Å². The fourth-order valence-corrected chi connectivity index (χ4v) is 2.60. The molecule has 0 fully saturated rings. The van der Waals surface area contributed by atoms with Crippen LogP contribution in [0.2, 0.25) is 0 Å². The van der Waals surface area contributed by atoms with Gasteiger partial charge in [-0.25, -0.2) is 0 Å². The minimum atomic E-state index is 0.381. The molecule has 2 N–H and O–H groups in total. The first-order valence-electron chi connectivity index (χ1n) is 4.69. The molecule has 0 unspecified atom stereocenters. The molecule has 0 spiro atoms. The lowest BCUT2D eigenvalue weighted by molar-refractivity contribution is 0.999. The molecule has 2 heterocycles. The summed E-state index contributed by atoms with van der Waals surface area (Å²) in [5, 5.41) is 7.96. The summed E-state index contributed by atoms with van der Waals surface area (Å²) < 4.78 is 1.39. The third kappa shape index (κ3) is 1.37. The van der Waals surface area contributed by atoms with Crippen molar-refractivity contribution in [3.8, 4) is 0 Å². The molecule has 4 nitrogen and oxygen atoms in total. The Balaban J connectivity index is 2.60. The van der Waals surface area contributed by atoms with Crippen molar-refractivity contribution in [2.75, 3.05) is 0 Å². The first kappa shape index (κ1) is 9.92. The smallest absolute Gasteiger partial charge is 0.215 e. The third-order valence-corrected chi connectivity index (χ3v) is 3.24. The van der Waals surface area contributed by atoms with Gasteiger partial charge in [-0.05, 0) is 52.8 Å². The van der Waals surface area contributed by atoms with Crippen LogP contribution >= 0.6 is 28.1 Å². The average molecular weight is 295 g/mol. The Morgan fingerprint density at radius 2 is 2.19 bits per heavy atom. The predicted molar refractivity (Wildman–Crippen MR) is 69.0 cm³/mol. The highest BCUT2D eigenvalue weighted by atomic mass is 79.9. The first-order chi connectivity index (χ1) is 7.65. The molecule has 0 saturated carbocycles. The topological polar surface area (TPSA) is 57.4 Å². The van der Waals surface area contributed by atoms with Gasteiger partial charge < -0.3 is 4.98 Å². The van der Waals surface area contributed by atoms with Gasteiger partial charge in [0.05, 0.1) is 5.52 Å². The number of aryl methyl sites for hydroxylation is 1. The number of fused-ring (bicyclic) bond motifs is 3. The summed E-state index contributed by atoms with van der Waals surface area (Å²) in [5.41, 5.74) is 3.69. The molecule has 3 aromatic rings. The van der Waals surface area contributed by atoms with E-state index in [1.807, 2.05) is 6.92 Å². The van der Waals surface area contributed by atoms with E-state index in [9.17, 15) is 0 Å². The average Bonchev–Trinajstić information content (AvgIpc) is 2.56. The molecular weight excluding hydrogens is 288 g/mol. The lowest BCUT2D eigenvalue weighted by atomic mass is 10.2. The molecule has 2 aromatic heterocycles. The standard InChI is InChI=1S/C10H7BrN4S/c1-4-2-5-7(6(11)3-4)12-9-8(5)14-15-10(16)13-9/h2-3H,1H3,(H2,12,13,15,16). The van der Waals surface area contributed by atoms with Gasteiger partial charge in [-0.1, -0.05) is 0 Å². The lowest BCUT2D eigenvalue weighted by Crippen LogP contribution is -1.86. The van der Waals surface area contributed by atoms with Crippen LogP contribution < -0.4 is 0 Å². The van der Waals surface area contributed by atoms with Crippen molar-refractivity contribution >= 4 is 50.2 Å². The van der Waals surface area contributed by atoms with Gasteiger partial charge in [0.1, 0.15) is 5.52 Å². The number of benzene rings is 1. The van der Waals surface area contributed by atoms with Crippen LogP contribution in [0.4, 0.5) is 0 Å². The summed E-state index contributed by atoms with van der Waals surface area (Å²) >= 11 is 8.46. The van der Waals surface area contributed by atoms with Crippen LogP contribution in [0.15, 0.2) is 16.6 Å². The maximum absolute atomic E-state index is 4.94. The highest BCUT2D eigenvalue weighted by Gasteiger charge is 2.09. The Morgan fingerprint density at radius 3 is 3.00 bits per heavy atom. The molecule has 3 rings (SSSR count). The molecule has 0 amide bonds. The van der Waals surface area contributed by atoms with Crippen molar-refractivity contribution in [1.82, 2.24) is 20.2 Å². The number of nitrogens with zero attached hydrogens (tertiary/aromatic N) is 2. The maximum Gasteiger partial charge on any atom is 0.215 e.